The lowest BCUT2D eigenvalue weighted by Crippen LogP contribution is -2.47. The Balaban J connectivity index is 1.68. The molecule has 2 atom stereocenters. The first kappa shape index (κ1) is 18.2. The fourth-order valence-electron chi connectivity index (χ4n) is 4.17. The lowest BCUT2D eigenvalue weighted by molar-refractivity contribution is -0.0226. The van der Waals surface area contributed by atoms with Gasteiger partial charge in [0.1, 0.15) is 5.75 Å². The summed E-state index contributed by atoms with van der Waals surface area (Å²) in [7, 11) is 1.70. The number of aryl methyl sites for hydroxylation is 1. The summed E-state index contributed by atoms with van der Waals surface area (Å²) in [5, 5.41) is 15.1. The van der Waals surface area contributed by atoms with Crippen molar-refractivity contribution in [3.63, 3.8) is 0 Å². The highest BCUT2D eigenvalue weighted by molar-refractivity contribution is 5.83. The van der Waals surface area contributed by atoms with Crippen LogP contribution in [0.4, 0.5) is 0 Å². The fourth-order valence-corrected chi connectivity index (χ4v) is 4.17. The number of nitrogens with one attached hydrogen (secondary N) is 1. The van der Waals surface area contributed by atoms with Gasteiger partial charge in [0.2, 0.25) is 0 Å². The van der Waals surface area contributed by atoms with Gasteiger partial charge in [0.05, 0.1) is 18.2 Å². The van der Waals surface area contributed by atoms with E-state index < -0.39 is 5.60 Å². The molecule has 2 unspecified atom stereocenters. The second-order valence-corrected chi connectivity index (χ2v) is 7.76. The van der Waals surface area contributed by atoms with Gasteiger partial charge in [-0.3, -0.25) is 4.98 Å². The van der Waals surface area contributed by atoms with Crippen LogP contribution in [0, 0.1) is 11.8 Å². The van der Waals surface area contributed by atoms with E-state index in [2.05, 4.69) is 22.4 Å². The van der Waals surface area contributed by atoms with E-state index in [0.717, 1.165) is 50.0 Å². The van der Waals surface area contributed by atoms with Crippen molar-refractivity contribution < 1.29 is 9.84 Å². The summed E-state index contributed by atoms with van der Waals surface area (Å²) in [5.74, 6) is 1.79. The Hall–Kier alpha value is -1.65. The van der Waals surface area contributed by atoms with Crippen molar-refractivity contribution >= 4 is 10.9 Å². The minimum absolute atomic E-state index is 0.329. The molecule has 25 heavy (non-hydrogen) atoms. The molecule has 0 saturated carbocycles. The van der Waals surface area contributed by atoms with Gasteiger partial charge in [0.25, 0.3) is 0 Å². The molecule has 2 heterocycles. The molecular weight excluding hydrogens is 312 g/mol. The molecule has 2 N–H and O–H groups in total. The van der Waals surface area contributed by atoms with E-state index in [4.69, 9.17) is 4.74 Å². The predicted molar refractivity (Wildman–Crippen MR) is 102 cm³/mol. The number of nitrogens with zero attached hydrogens (tertiary/aromatic N) is 1. The van der Waals surface area contributed by atoms with Crippen LogP contribution in [-0.4, -0.2) is 35.9 Å². The number of aromatic nitrogens is 1. The van der Waals surface area contributed by atoms with Crippen LogP contribution in [0.15, 0.2) is 30.5 Å². The summed E-state index contributed by atoms with van der Waals surface area (Å²) in [5.41, 5.74) is 1.74. The molecule has 4 heteroatoms. The van der Waals surface area contributed by atoms with Crippen molar-refractivity contribution in [2.75, 3.05) is 20.2 Å². The quantitative estimate of drug-likeness (QED) is 0.843. The van der Waals surface area contributed by atoms with E-state index in [1.165, 1.54) is 10.9 Å². The lowest BCUT2D eigenvalue weighted by atomic mass is 9.74. The maximum Gasteiger partial charge on any atom is 0.119 e. The van der Waals surface area contributed by atoms with Crippen molar-refractivity contribution in [1.29, 1.82) is 0 Å². The third-order valence-electron chi connectivity index (χ3n) is 5.59. The zero-order valence-electron chi connectivity index (χ0n) is 15.6. The van der Waals surface area contributed by atoms with E-state index >= 15 is 0 Å². The van der Waals surface area contributed by atoms with E-state index in [9.17, 15) is 5.11 Å². The molecule has 1 aliphatic heterocycles. The molecule has 1 aromatic carbocycles. The SMILES string of the molecule is COc1ccc2nccc(CCCC3CCNCC3C(C)(C)O)c2c1. The summed E-state index contributed by atoms with van der Waals surface area (Å²) >= 11 is 0. The molecule has 1 aromatic heterocycles. The molecule has 4 nitrogen and oxygen atoms in total. The molecule has 0 amide bonds. The number of aliphatic hydroxyl groups is 1. The Labute approximate surface area is 150 Å². The fraction of sp³-hybridized carbons (Fsp3) is 0.571. The molecule has 2 aromatic rings. The minimum atomic E-state index is -0.616. The second kappa shape index (κ2) is 7.71. The van der Waals surface area contributed by atoms with Crippen LogP contribution in [0.5, 0.6) is 5.75 Å². The van der Waals surface area contributed by atoms with Crippen LogP contribution in [0.2, 0.25) is 0 Å². The molecular formula is C21H30N2O2. The monoisotopic (exact) mass is 342 g/mol. The van der Waals surface area contributed by atoms with Crippen LogP contribution >= 0.6 is 0 Å². The largest absolute Gasteiger partial charge is 0.497 e. The number of fused-ring (bicyclic) bond motifs is 1. The van der Waals surface area contributed by atoms with Gasteiger partial charge >= 0.3 is 0 Å². The first-order valence-corrected chi connectivity index (χ1v) is 9.34. The maximum atomic E-state index is 10.5. The van der Waals surface area contributed by atoms with E-state index in [1.54, 1.807) is 7.11 Å². The standard InChI is InChI=1S/C21H30N2O2/c1-21(2,24)19-14-22-11-9-16(19)6-4-5-15-10-12-23-20-8-7-17(25-3)13-18(15)20/h7-8,10,12-13,16,19,22,24H,4-6,9,11,14H2,1-3H3. The Morgan fingerprint density at radius 3 is 2.92 bits per heavy atom. The molecule has 1 fully saturated rings. The minimum Gasteiger partial charge on any atom is -0.497 e. The van der Waals surface area contributed by atoms with Gasteiger partial charge in [-0.1, -0.05) is 0 Å². The van der Waals surface area contributed by atoms with Gasteiger partial charge in [-0.05, 0) is 81.8 Å². The van der Waals surface area contributed by atoms with Crippen molar-refractivity contribution in [2.45, 2.75) is 45.1 Å². The number of piperidine rings is 1. The second-order valence-electron chi connectivity index (χ2n) is 7.76. The predicted octanol–water partition coefficient (Wildman–Crippen LogP) is 3.56. The number of methoxy groups -OCH3 is 1. The highest BCUT2D eigenvalue weighted by Gasteiger charge is 2.35. The van der Waals surface area contributed by atoms with Crippen molar-refractivity contribution in [2.24, 2.45) is 11.8 Å². The van der Waals surface area contributed by atoms with E-state index in [0.29, 0.717) is 11.8 Å². The summed E-state index contributed by atoms with van der Waals surface area (Å²) in [6.07, 6.45) is 6.38. The van der Waals surface area contributed by atoms with Crippen LogP contribution < -0.4 is 10.1 Å². The van der Waals surface area contributed by atoms with Gasteiger partial charge in [-0.2, -0.15) is 0 Å². The summed E-state index contributed by atoms with van der Waals surface area (Å²) in [6, 6.07) is 8.19. The lowest BCUT2D eigenvalue weighted by Gasteiger charge is -2.39. The van der Waals surface area contributed by atoms with Crippen molar-refractivity contribution in [3.05, 3.63) is 36.0 Å². The van der Waals surface area contributed by atoms with Gasteiger partial charge in [-0.15, -0.1) is 0 Å². The Morgan fingerprint density at radius 2 is 2.16 bits per heavy atom. The first-order valence-electron chi connectivity index (χ1n) is 9.34. The molecule has 1 saturated heterocycles. The number of pyridine rings is 1. The van der Waals surface area contributed by atoms with Crippen LogP contribution in [0.25, 0.3) is 10.9 Å². The average molecular weight is 342 g/mol. The summed E-state index contributed by atoms with van der Waals surface area (Å²) in [4.78, 5) is 4.46. The third kappa shape index (κ3) is 4.31. The molecule has 0 aliphatic carbocycles. The van der Waals surface area contributed by atoms with Crippen molar-refractivity contribution in [1.82, 2.24) is 10.3 Å². The third-order valence-corrected chi connectivity index (χ3v) is 5.59. The molecule has 0 radical (unpaired) electrons. The number of rotatable bonds is 6. The van der Waals surface area contributed by atoms with Crippen LogP contribution in [-0.2, 0) is 6.42 Å². The molecule has 136 valence electrons. The van der Waals surface area contributed by atoms with E-state index in [1.807, 2.05) is 32.2 Å². The van der Waals surface area contributed by atoms with Crippen LogP contribution in [0.1, 0.15) is 38.7 Å². The molecule has 0 bridgehead atoms. The topological polar surface area (TPSA) is 54.4 Å². The molecule has 1 aliphatic rings. The highest BCUT2D eigenvalue weighted by Crippen LogP contribution is 2.33. The van der Waals surface area contributed by atoms with Gasteiger partial charge in [0.15, 0.2) is 0 Å². The smallest absolute Gasteiger partial charge is 0.119 e. The first-order chi connectivity index (χ1) is 12.0. The van der Waals surface area contributed by atoms with Gasteiger partial charge in [-0.25, -0.2) is 0 Å². The number of ether oxygens (including phenoxy) is 1. The zero-order chi connectivity index (χ0) is 17.9. The Kier molecular flexibility index (Phi) is 5.60. The Bertz CT molecular complexity index is 709. The average Bonchev–Trinajstić information content (AvgIpc) is 2.61. The maximum absolute atomic E-state index is 10.5. The van der Waals surface area contributed by atoms with E-state index in [-0.39, 0.29) is 0 Å². The summed E-state index contributed by atoms with van der Waals surface area (Å²) < 4.78 is 5.37. The normalized spacial score (nSPS) is 21.4. The van der Waals surface area contributed by atoms with Gasteiger partial charge in [0, 0.05) is 24.0 Å². The van der Waals surface area contributed by atoms with Crippen molar-refractivity contribution in [3.8, 4) is 5.75 Å². The number of benzene rings is 1. The number of hydrogen-bond acceptors (Lipinski definition) is 4. The number of hydrogen-bond donors (Lipinski definition) is 2. The molecule has 3 rings (SSSR count). The van der Waals surface area contributed by atoms with Gasteiger partial charge < -0.3 is 15.2 Å². The van der Waals surface area contributed by atoms with Crippen LogP contribution in [0.3, 0.4) is 0 Å². The molecule has 0 spiro atoms. The highest BCUT2D eigenvalue weighted by atomic mass is 16.5. The Morgan fingerprint density at radius 1 is 1.32 bits per heavy atom. The zero-order valence-corrected chi connectivity index (χ0v) is 15.6. The summed E-state index contributed by atoms with van der Waals surface area (Å²) in [6.45, 7) is 5.87.